The van der Waals surface area contributed by atoms with Crippen molar-refractivity contribution < 1.29 is 14.3 Å². The zero-order valence-electron chi connectivity index (χ0n) is 17.0. The Morgan fingerprint density at radius 2 is 1.89 bits per heavy atom. The Bertz CT molecular complexity index is 787. The lowest BCUT2D eigenvalue weighted by Gasteiger charge is -2.20. The summed E-state index contributed by atoms with van der Waals surface area (Å²) in [4.78, 5) is 12.5. The van der Waals surface area contributed by atoms with Gasteiger partial charge < -0.3 is 14.8 Å². The lowest BCUT2D eigenvalue weighted by atomic mass is 9.92. The molecule has 4 heteroatoms. The Hall–Kier alpha value is -2.49. The highest BCUT2D eigenvalue weighted by molar-refractivity contribution is 5.81. The van der Waals surface area contributed by atoms with Gasteiger partial charge in [-0.15, -0.1) is 0 Å². The third kappa shape index (κ3) is 5.51. The summed E-state index contributed by atoms with van der Waals surface area (Å²) in [5.41, 5.74) is 4.01. The number of amides is 1. The Balaban J connectivity index is 1.47. The molecule has 1 aliphatic carbocycles. The fourth-order valence-electron chi connectivity index (χ4n) is 3.72. The number of rotatable bonds is 9. The second kappa shape index (κ2) is 10.2. The fraction of sp³-hybridized carbons (Fsp3) is 0.458. The molecule has 0 aliphatic heterocycles. The van der Waals surface area contributed by atoms with Gasteiger partial charge in [0.2, 0.25) is 0 Å². The van der Waals surface area contributed by atoms with E-state index in [2.05, 4.69) is 23.5 Å². The molecule has 0 radical (unpaired) electrons. The van der Waals surface area contributed by atoms with Gasteiger partial charge in [0.1, 0.15) is 11.5 Å². The van der Waals surface area contributed by atoms with Crippen molar-refractivity contribution >= 4 is 5.91 Å². The summed E-state index contributed by atoms with van der Waals surface area (Å²) in [5, 5.41) is 3.02. The van der Waals surface area contributed by atoms with Crippen LogP contribution in [0.1, 0.15) is 49.3 Å². The molecule has 28 heavy (non-hydrogen) atoms. The van der Waals surface area contributed by atoms with Crippen LogP contribution in [0.15, 0.2) is 42.5 Å². The highest BCUT2D eigenvalue weighted by Crippen LogP contribution is 2.26. The fourth-order valence-corrected chi connectivity index (χ4v) is 3.72. The molecule has 2 aromatic rings. The number of nitrogens with one attached hydrogen (secondary N) is 1. The van der Waals surface area contributed by atoms with Crippen molar-refractivity contribution in [2.75, 3.05) is 13.7 Å². The van der Waals surface area contributed by atoms with Crippen molar-refractivity contribution in [1.29, 1.82) is 0 Å². The van der Waals surface area contributed by atoms with Crippen LogP contribution in [0.3, 0.4) is 0 Å². The highest BCUT2D eigenvalue weighted by Gasteiger charge is 2.19. The molecule has 4 nitrogen and oxygen atoms in total. The Kier molecular flexibility index (Phi) is 7.35. The second-order valence-electron chi connectivity index (χ2n) is 7.40. The van der Waals surface area contributed by atoms with E-state index in [0.29, 0.717) is 13.0 Å². The van der Waals surface area contributed by atoms with Gasteiger partial charge in [-0.05, 0) is 85.9 Å². The van der Waals surface area contributed by atoms with E-state index < -0.39 is 6.10 Å². The molecule has 0 aromatic heterocycles. The lowest BCUT2D eigenvalue weighted by molar-refractivity contribution is -0.128. The van der Waals surface area contributed by atoms with E-state index in [1.54, 1.807) is 7.11 Å². The Morgan fingerprint density at radius 1 is 1.07 bits per heavy atom. The maximum atomic E-state index is 12.5. The van der Waals surface area contributed by atoms with E-state index in [4.69, 9.17) is 9.47 Å². The third-order valence-corrected chi connectivity index (χ3v) is 5.34. The van der Waals surface area contributed by atoms with Crippen LogP contribution in [0.5, 0.6) is 11.5 Å². The molecule has 3 rings (SSSR count). The summed E-state index contributed by atoms with van der Waals surface area (Å²) in [5.74, 6) is 1.64. The molecule has 0 saturated carbocycles. The van der Waals surface area contributed by atoms with E-state index in [9.17, 15) is 4.79 Å². The van der Waals surface area contributed by atoms with Crippen LogP contribution in [0, 0.1) is 0 Å². The molecule has 0 unspecified atom stereocenters. The van der Waals surface area contributed by atoms with Crippen molar-refractivity contribution in [2.24, 2.45) is 0 Å². The van der Waals surface area contributed by atoms with E-state index in [-0.39, 0.29) is 5.91 Å². The van der Waals surface area contributed by atoms with E-state index in [1.807, 2.05) is 31.2 Å². The minimum Gasteiger partial charge on any atom is -0.497 e. The third-order valence-electron chi connectivity index (χ3n) is 5.34. The zero-order valence-corrected chi connectivity index (χ0v) is 17.0. The van der Waals surface area contributed by atoms with Gasteiger partial charge >= 0.3 is 0 Å². The van der Waals surface area contributed by atoms with Gasteiger partial charge in [-0.25, -0.2) is 0 Å². The lowest BCUT2D eigenvalue weighted by Crippen LogP contribution is -2.38. The smallest absolute Gasteiger partial charge is 0.261 e. The minimum atomic E-state index is -0.446. The van der Waals surface area contributed by atoms with Crippen LogP contribution in [0.2, 0.25) is 0 Å². The first-order valence-electron chi connectivity index (χ1n) is 10.4. The molecule has 0 spiro atoms. The molecule has 150 valence electrons. The van der Waals surface area contributed by atoms with E-state index in [0.717, 1.165) is 37.2 Å². The molecule has 1 N–H and O–H groups in total. The first-order chi connectivity index (χ1) is 13.7. The van der Waals surface area contributed by atoms with Crippen molar-refractivity contribution in [1.82, 2.24) is 5.32 Å². The van der Waals surface area contributed by atoms with Crippen molar-refractivity contribution in [3.8, 4) is 11.5 Å². The number of hydrogen-bond donors (Lipinski definition) is 1. The predicted octanol–water partition coefficient (Wildman–Crippen LogP) is 4.48. The van der Waals surface area contributed by atoms with Crippen LogP contribution >= 0.6 is 0 Å². The molecule has 0 saturated heterocycles. The maximum Gasteiger partial charge on any atom is 0.261 e. The average Bonchev–Trinajstić information content (AvgIpc) is 2.75. The minimum absolute atomic E-state index is 0.0362. The molecule has 0 bridgehead atoms. The van der Waals surface area contributed by atoms with Gasteiger partial charge in [-0.1, -0.05) is 25.1 Å². The van der Waals surface area contributed by atoms with Gasteiger partial charge in [0.25, 0.3) is 5.91 Å². The topological polar surface area (TPSA) is 47.6 Å². The maximum absolute atomic E-state index is 12.5. The van der Waals surface area contributed by atoms with Crippen LogP contribution < -0.4 is 14.8 Å². The van der Waals surface area contributed by atoms with Gasteiger partial charge in [-0.3, -0.25) is 4.79 Å². The van der Waals surface area contributed by atoms with Gasteiger partial charge in [0, 0.05) is 6.54 Å². The van der Waals surface area contributed by atoms with Crippen LogP contribution in [-0.2, 0) is 24.1 Å². The summed E-state index contributed by atoms with van der Waals surface area (Å²) in [6, 6.07) is 14.3. The predicted molar refractivity (Wildman–Crippen MR) is 112 cm³/mol. The van der Waals surface area contributed by atoms with Gasteiger partial charge in [0.15, 0.2) is 6.10 Å². The number of methoxy groups -OCH3 is 1. The summed E-state index contributed by atoms with van der Waals surface area (Å²) < 4.78 is 11.3. The number of aryl methyl sites for hydroxylation is 3. The summed E-state index contributed by atoms with van der Waals surface area (Å²) >= 11 is 0. The largest absolute Gasteiger partial charge is 0.497 e. The van der Waals surface area contributed by atoms with Crippen LogP contribution in [-0.4, -0.2) is 25.7 Å². The Labute approximate surface area is 168 Å². The number of fused-ring (bicyclic) bond motifs is 1. The quantitative estimate of drug-likeness (QED) is 0.652. The highest BCUT2D eigenvalue weighted by atomic mass is 16.5. The standard InChI is InChI=1S/C24H31NO3/c1-3-23(28-22-14-13-19-10-4-5-11-20(19)17-22)24(26)25-15-7-9-18-8-6-12-21(16-18)27-2/h6,8,12-14,16-17,23H,3-5,7,9-11,15H2,1-2H3,(H,25,26)/t23-/m1/s1. The Morgan fingerprint density at radius 3 is 2.68 bits per heavy atom. The average molecular weight is 382 g/mol. The summed E-state index contributed by atoms with van der Waals surface area (Å²) in [7, 11) is 1.67. The monoisotopic (exact) mass is 381 g/mol. The zero-order chi connectivity index (χ0) is 19.8. The number of hydrogen-bond acceptors (Lipinski definition) is 3. The van der Waals surface area contributed by atoms with Gasteiger partial charge in [0.05, 0.1) is 7.11 Å². The van der Waals surface area contributed by atoms with Crippen LogP contribution in [0.4, 0.5) is 0 Å². The van der Waals surface area contributed by atoms with Crippen molar-refractivity contribution in [2.45, 2.75) is 58.0 Å². The summed E-state index contributed by atoms with van der Waals surface area (Å²) in [6.45, 7) is 2.62. The normalized spacial score (nSPS) is 14.1. The second-order valence-corrected chi connectivity index (χ2v) is 7.40. The molecule has 1 aliphatic rings. The SMILES string of the molecule is CC[C@@H](Oc1ccc2c(c1)CCCC2)C(=O)NCCCc1cccc(OC)c1. The number of ether oxygens (including phenoxy) is 2. The van der Waals surface area contributed by atoms with Crippen molar-refractivity contribution in [3.63, 3.8) is 0 Å². The summed E-state index contributed by atoms with van der Waals surface area (Å²) in [6.07, 6.45) is 6.76. The molecular formula is C24H31NO3. The van der Waals surface area contributed by atoms with Crippen LogP contribution in [0.25, 0.3) is 0 Å². The molecule has 0 fully saturated rings. The molecule has 1 amide bonds. The first kappa shape index (κ1) is 20.2. The molecular weight excluding hydrogens is 350 g/mol. The molecule has 0 heterocycles. The van der Waals surface area contributed by atoms with Gasteiger partial charge in [-0.2, -0.15) is 0 Å². The molecule has 1 atom stereocenters. The van der Waals surface area contributed by atoms with Crippen molar-refractivity contribution in [3.05, 3.63) is 59.2 Å². The molecule has 2 aromatic carbocycles. The first-order valence-corrected chi connectivity index (χ1v) is 10.4. The van der Waals surface area contributed by atoms with E-state index in [1.165, 1.54) is 29.5 Å². The van der Waals surface area contributed by atoms with E-state index >= 15 is 0 Å². The number of carbonyl (C=O) groups is 1. The number of carbonyl (C=O) groups excluding carboxylic acids is 1. The number of benzene rings is 2.